The number of ether oxygens (including phenoxy) is 3. The Morgan fingerprint density at radius 3 is 2.47 bits per heavy atom. The number of benzene rings is 3. The first kappa shape index (κ1) is 22.8. The molecule has 0 atom stereocenters. The van der Waals surface area contributed by atoms with Gasteiger partial charge in [0, 0.05) is 17.8 Å². The summed E-state index contributed by atoms with van der Waals surface area (Å²) in [5.74, 6) is 1.55. The molecule has 0 bridgehead atoms. The molecule has 3 aromatic rings. The first-order chi connectivity index (χ1) is 15.6. The average Bonchev–Trinajstić information content (AvgIpc) is 2.82. The van der Waals surface area contributed by atoms with Gasteiger partial charge in [-0.2, -0.15) is 0 Å². The maximum absolute atomic E-state index is 12.2. The van der Waals surface area contributed by atoms with Gasteiger partial charge in [0.1, 0.15) is 12.4 Å². The third-order valence-corrected chi connectivity index (χ3v) is 4.62. The number of amides is 1. The van der Waals surface area contributed by atoms with Gasteiger partial charge in [-0.3, -0.25) is 10.1 Å². The summed E-state index contributed by atoms with van der Waals surface area (Å²) in [6.07, 6.45) is 3.06. The molecule has 0 radical (unpaired) electrons. The van der Waals surface area contributed by atoms with Gasteiger partial charge in [-0.25, -0.2) is 0 Å². The van der Waals surface area contributed by atoms with Gasteiger partial charge in [0.25, 0.3) is 0 Å². The molecule has 3 aromatic carbocycles. The molecule has 2 N–H and O–H groups in total. The van der Waals surface area contributed by atoms with Gasteiger partial charge in [0.2, 0.25) is 5.91 Å². The maximum atomic E-state index is 12.2. The standard InChI is InChI=1S/C25H24N2O4S/c1-29-22-13-11-18(15-23(22)30-2)12-14-24(28)27-25(32)26-20-9-6-10-21(16-20)31-17-19-7-4-3-5-8-19/h3-16H,17H2,1-2H3,(H2,26,27,28,32)/b14-12+. The lowest BCUT2D eigenvalue weighted by Crippen LogP contribution is -2.32. The molecule has 0 aliphatic heterocycles. The van der Waals surface area contributed by atoms with E-state index >= 15 is 0 Å². The van der Waals surface area contributed by atoms with Crippen LogP contribution >= 0.6 is 12.2 Å². The van der Waals surface area contributed by atoms with E-state index in [9.17, 15) is 4.79 Å². The van der Waals surface area contributed by atoms with Crippen LogP contribution in [-0.2, 0) is 11.4 Å². The Morgan fingerprint density at radius 2 is 1.72 bits per heavy atom. The number of anilines is 1. The van der Waals surface area contributed by atoms with Crippen molar-refractivity contribution in [2.45, 2.75) is 6.61 Å². The molecule has 0 heterocycles. The highest BCUT2D eigenvalue weighted by Crippen LogP contribution is 2.28. The highest BCUT2D eigenvalue weighted by Gasteiger charge is 2.05. The Balaban J connectivity index is 1.52. The molecule has 32 heavy (non-hydrogen) atoms. The molecular formula is C25H24N2O4S. The minimum atomic E-state index is -0.353. The van der Waals surface area contributed by atoms with Gasteiger partial charge in [0.15, 0.2) is 16.6 Å². The van der Waals surface area contributed by atoms with Gasteiger partial charge in [-0.15, -0.1) is 0 Å². The first-order valence-corrected chi connectivity index (χ1v) is 10.3. The summed E-state index contributed by atoms with van der Waals surface area (Å²) >= 11 is 5.25. The smallest absolute Gasteiger partial charge is 0.250 e. The van der Waals surface area contributed by atoms with Crippen LogP contribution < -0.4 is 24.8 Å². The Labute approximate surface area is 192 Å². The fourth-order valence-electron chi connectivity index (χ4n) is 2.85. The molecule has 0 unspecified atom stereocenters. The van der Waals surface area contributed by atoms with Crippen LogP contribution in [0.25, 0.3) is 6.08 Å². The Hall–Kier alpha value is -3.84. The second-order valence-corrected chi connectivity index (χ2v) is 7.10. The molecule has 164 valence electrons. The summed E-state index contributed by atoms with van der Waals surface area (Å²) in [4.78, 5) is 12.2. The largest absolute Gasteiger partial charge is 0.493 e. The third-order valence-electron chi connectivity index (χ3n) is 4.41. The minimum Gasteiger partial charge on any atom is -0.493 e. The molecule has 3 rings (SSSR count). The van der Waals surface area contributed by atoms with Crippen LogP contribution in [0.5, 0.6) is 17.2 Å². The summed E-state index contributed by atoms with van der Waals surface area (Å²) in [6, 6.07) is 22.7. The number of carbonyl (C=O) groups is 1. The quantitative estimate of drug-likeness (QED) is 0.381. The normalized spacial score (nSPS) is 10.4. The van der Waals surface area contributed by atoms with E-state index in [1.807, 2.05) is 60.7 Å². The van der Waals surface area contributed by atoms with Crippen molar-refractivity contribution in [2.24, 2.45) is 0 Å². The summed E-state index contributed by atoms with van der Waals surface area (Å²) in [5, 5.41) is 5.80. The summed E-state index contributed by atoms with van der Waals surface area (Å²) in [6.45, 7) is 0.465. The van der Waals surface area contributed by atoms with Crippen molar-refractivity contribution >= 4 is 35.0 Å². The van der Waals surface area contributed by atoms with Crippen molar-refractivity contribution in [1.29, 1.82) is 0 Å². The van der Waals surface area contributed by atoms with E-state index < -0.39 is 0 Å². The van der Waals surface area contributed by atoms with Crippen molar-refractivity contribution in [1.82, 2.24) is 5.32 Å². The van der Waals surface area contributed by atoms with Crippen LogP contribution in [0.1, 0.15) is 11.1 Å². The van der Waals surface area contributed by atoms with Crippen molar-refractivity contribution in [3.8, 4) is 17.2 Å². The predicted molar refractivity (Wildman–Crippen MR) is 130 cm³/mol. The van der Waals surface area contributed by atoms with E-state index in [1.165, 1.54) is 6.08 Å². The summed E-state index contributed by atoms with van der Waals surface area (Å²) < 4.78 is 16.3. The third kappa shape index (κ3) is 6.85. The second-order valence-electron chi connectivity index (χ2n) is 6.69. The van der Waals surface area contributed by atoms with Crippen LogP contribution in [0.2, 0.25) is 0 Å². The topological polar surface area (TPSA) is 68.8 Å². The number of rotatable bonds is 8. The molecule has 0 saturated carbocycles. The zero-order chi connectivity index (χ0) is 22.8. The monoisotopic (exact) mass is 448 g/mol. The Bertz CT molecular complexity index is 1100. The zero-order valence-electron chi connectivity index (χ0n) is 17.8. The zero-order valence-corrected chi connectivity index (χ0v) is 18.6. The molecular weight excluding hydrogens is 424 g/mol. The van der Waals surface area contributed by atoms with Crippen molar-refractivity contribution in [2.75, 3.05) is 19.5 Å². The van der Waals surface area contributed by atoms with Gasteiger partial charge in [-0.05, 0) is 53.7 Å². The Morgan fingerprint density at radius 1 is 0.938 bits per heavy atom. The second kappa shape index (κ2) is 11.5. The lowest BCUT2D eigenvalue weighted by Gasteiger charge is -2.11. The van der Waals surface area contributed by atoms with E-state index in [0.717, 1.165) is 11.1 Å². The lowest BCUT2D eigenvalue weighted by molar-refractivity contribution is -0.115. The van der Waals surface area contributed by atoms with Crippen molar-refractivity contribution in [3.05, 3.63) is 90.0 Å². The van der Waals surface area contributed by atoms with E-state index in [1.54, 1.807) is 32.4 Å². The summed E-state index contributed by atoms with van der Waals surface area (Å²) in [5.41, 5.74) is 2.58. The van der Waals surface area contributed by atoms with Gasteiger partial charge < -0.3 is 19.5 Å². The molecule has 7 heteroatoms. The molecule has 0 aromatic heterocycles. The highest BCUT2D eigenvalue weighted by atomic mass is 32.1. The van der Waals surface area contributed by atoms with Gasteiger partial charge in [0.05, 0.1) is 14.2 Å². The van der Waals surface area contributed by atoms with E-state index in [-0.39, 0.29) is 11.0 Å². The molecule has 0 fully saturated rings. The van der Waals surface area contributed by atoms with Crippen LogP contribution in [0.3, 0.4) is 0 Å². The fraction of sp³-hybridized carbons (Fsp3) is 0.120. The van der Waals surface area contributed by atoms with Crippen LogP contribution in [0, 0.1) is 0 Å². The van der Waals surface area contributed by atoms with Gasteiger partial charge >= 0.3 is 0 Å². The van der Waals surface area contributed by atoms with Crippen LogP contribution in [0.15, 0.2) is 78.9 Å². The number of methoxy groups -OCH3 is 2. The van der Waals surface area contributed by atoms with E-state index in [4.69, 9.17) is 26.4 Å². The molecule has 0 saturated heterocycles. The van der Waals surface area contributed by atoms with E-state index in [2.05, 4.69) is 10.6 Å². The van der Waals surface area contributed by atoms with Crippen molar-refractivity contribution < 1.29 is 19.0 Å². The predicted octanol–water partition coefficient (Wildman–Crippen LogP) is 4.81. The Kier molecular flexibility index (Phi) is 8.22. The number of nitrogens with one attached hydrogen (secondary N) is 2. The SMILES string of the molecule is COc1ccc(/C=C/C(=O)NC(=S)Nc2cccc(OCc3ccccc3)c2)cc1OC. The number of hydrogen-bond donors (Lipinski definition) is 2. The molecule has 0 aliphatic rings. The molecule has 0 aliphatic carbocycles. The first-order valence-electron chi connectivity index (χ1n) is 9.86. The van der Waals surface area contributed by atoms with Crippen molar-refractivity contribution in [3.63, 3.8) is 0 Å². The maximum Gasteiger partial charge on any atom is 0.250 e. The average molecular weight is 449 g/mol. The number of thiocarbonyl (C=S) groups is 1. The summed E-state index contributed by atoms with van der Waals surface area (Å²) in [7, 11) is 3.13. The number of carbonyl (C=O) groups excluding carboxylic acids is 1. The highest BCUT2D eigenvalue weighted by molar-refractivity contribution is 7.80. The van der Waals surface area contributed by atoms with Gasteiger partial charge in [-0.1, -0.05) is 42.5 Å². The molecule has 6 nitrogen and oxygen atoms in total. The molecule has 1 amide bonds. The number of hydrogen-bond acceptors (Lipinski definition) is 5. The minimum absolute atomic E-state index is 0.187. The van der Waals surface area contributed by atoms with Crippen LogP contribution in [-0.4, -0.2) is 25.2 Å². The molecule has 0 spiro atoms. The fourth-order valence-corrected chi connectivity index (χ4v) is 3.07. The van der Waals surface area contributed by atoms with E-state index in [0.29, 0.717) is 29.5 Å². The van der Waals surface area contributed by atoms with Crippen LogP contribution in [0.4, 0.5) is 5.69 Å². The lowest BCUT2D eigenvalue weighted by atomic mass is 10.2.